The predicted molar refractivity (Wildman–Crippen MR) is 343 cm³/mol. The molecule has 8 heterocycles. The number of aryl methyl sites for hydroxylation is 2. The predicted octanol–water partition coefficient (Wildman–Crippen LogP) is 10.1. The number of carbonyl (C=O) groups is 3. The summed E-state index contributed by atoms with van der Waals surface area (Å²) in [4.78, 5) is 61.6. The van der Waals surface area contributed by atoms with E-state index >= 15 is 0 Å². The zero-order valence-corrected chi connectivity index (χ0v) is 54.5. The largest absolute Gasteiger partial charge is 1.00 e. The Morgan fingerprint density at radius 3 is 1.60 bits per heavy atom. The molecule has 12 rings (SSSR count). The number of nitrogens with zero attached hydrogens (tertiary/aromatic N) is 12. The molecule has 22 heteroatoms. The van der Waals surface area contributed by atoms with Gasteiger partial charge in [-0.05, 0) is 157 Å². The minimum absolute atomic E-state index is 0. The average Bonchev–Trinajstić information content (AvgIpc) is 4.07. The maximum Gasteiger partial charge on any atom is 1.00 e. The molecule has 4 aliphatic heterocycles. The molecule has 0 spiro atoms. The van der Waals surface area contributed by atoms with Crippen LogP contribution in [-0.2, 0) is 18.9 Å². The normalized spacial score (nSPS) is 17.6. The number of halogens is 1. The van der Waals surface area contributed by atoms with Crippen molar-refractivity contribution in [1.82, 2.24) is 49.3 Å². The Kier molecular flexibility index (Phi) is 23.0. The van der Waals surface area contributed by atoms with E-state index in [0.29, 0.717) is 69.0 Å². The Balaban J connectivity index is 0.000000181. The van der Waals surface area contributed by atoms with Crippen LogP contribution in [0.1, 0.15) is 151 Å². The van der Waals surface area contributed by atoms with Gasteiger partial charge in [0.15, 0.2) is 18.7 Å². The Hall–Kier alpha value is -6.73. The number of piperazine rings is 2. The molecule has 464 valence electrons. The summed E-state index contributed by atoms with van der Waals surface area (Å²) in [6.45, 7) is 27.4. The number of para-hydroxylation sites is 2. The summed E-state index contributed by atoms with van der Waals surface area (Å²) >= 11 is 3.62. The summed E-state index contributed by atoms with van der Waals surface area (Å²) in [5, 5.41) is 24.8. The van der Waals surface area contributed by atoms with Crippen molar-refractivity contribution in [3.63, 3.8) is 0 Å². The van der Waals surface area contributed by atoms with Crippen molar-refractivity contribution in [2.24, 2.45) is 0 Å². The molecule has 2 amide bonds. The van der Waals surface area contributed by atoms with Gasteiger partial charge in [0.2, 0.25) is 0 Å². The number of aldehydes is 1. The van der Waals surface area contributed by atoms with E-state index in [1.165, 1.54) is 36.5 Å². The number of unbranched alkanes of at least 4 members (excludes halogenated alkanes) is 1. The fourth-order valence-corrected chi connectivity index (χ4v) is 11.6. The third-order valence-electron chi connectivity index (χ3n) is 15.7. The van der Waals surface area contributed by atoms with Crippen molar-refractivity contribution in [2.75, 3.05) is 75.4 Å². The summed E-state index contributed by atoms with van der Waals surface area (Å²) in [5.41, 5.74) is 6.75. The maximum atomic E-state index is 12.6. The number of fused-ring (bicyclic) bond motifs is 4. The summed E-state index contributed by atoms with van der Waals surface area (Å²) in [6.07, 6.45) is 15.0. The van der Waals surface area contributed by atoms with Crippen LogP contribution in [0.15, 0.2) is 90.2 Å². The first-order chi connectivity index (χ1) is 41.8. The number of anilines is 2. The fourth-order valence-electron chi connectivity index (χ4n) is 11.1. The molecule has 88 heavy (non-hydrogen) atoms. The van der Waals surface area contributed by atoms with Crippen molar-refractivity contribution in [2.45, 2.75) is 143 Å². The van der Waals surface area contributed by atoms with Crippen LogP contribution in [-0.4, -0.2) is 150 Å². The number of benzene rings is 4. The van der Waals surface area contributed by atoms with E-state index in [-0.39, 0.29) is 43.5 Å². The van der Waals surface area contributed by atoms with Gasteiger partial charge in [0.1, 0.15) is 41.6 Å². The number of hydrogen-bond donors (Lipinski definition) is 1. The molecule has 8 aromatic rings. The third kappa shape index (κ3) is 16.0. The minimum Gasteiger partial charge on any atom is -0.444 e. The SMILES string of the molecule is CC(C)(C)OC(=O)N1CCN(c2ncnc3c(C=O)cccc23)CC1.Cc1ccc2c(cnn2C2CCCCO2)c1Br.Cc1ccc2c(cnn2C2CCCCO2)c1C(O)c1cccc2c(N3CCN(C(=O)OC(C)(C)C)CC3)ncnc12.[CH2-]CCC.[Li+]. The Bertz CT molecular complexity index is 3650. The second-order valence-electron chi connectivity index (χ2n) is 24.3. The van der Waals surface area contributed by atoms with Crippen LogP contribution in [0.4, 0.5) is 21.2 Å². The smallest absolute Gasteiger partial charge is 0.444 e. The van der Waals surface area contributed by atoms with Crippen LogP contribution >= 0.6 is 15.9 Å². The Morgan fingerprint density at radius 1 is 0.659 bits per heavy atom. The van der Waals surface area contributed by atoms with Gasteiger partial charge in [-0.25, -0.2) is 38.9 Å². The number of carbonyl (C=O) groups excluding carboxylic acids is 3. The molecule has 3 atom stereocenters. The standard InChI is InChI=1S/C31H38N6O4.C18H22N4O3.C13H15BrN2O.C4H9.Li/c1-20-11-12-24-23(18-34-37(24)25-10-5-6-17-40-25)26(20)28(38)21-8-7-9-22-27(21)32-19-33-29(22)35-13-15-36(16-14-35)30(39)41-31(2,3)4;1-18(2,3)25-17(24)22-9-7-21(8-10-22)16-14-6-4-5-13(11-23)15(14)19-12-20-16;1-9-5-6-11-10(13(9)14)8-15-16(11)12-4-2-3-7-17-12;1-3-4-2;/h7-9,11-12,18-19,25,28,38H,5-6,10,13-17H2,1-4H3;4-6,11-12H,7-10H2,1-3H3;5-6,8,12H,2-4,7H2,1H3;1,3-4H2,2H3;/q;;;-1;+1. The molecule has 4 fully saturated rings. The van der Waals surface area contributed by atoms with Crippen LogP contribution in [0.2, 0.25) is 0 Å². The van der Waals surface area contributed by atoms with Gasteiger partial charge < -0.3 is 50.6 Å². The second kappa shape index (κ2) is 30.2. The van der Waals surface area contributed by atoms with E-state index < -0.39 is 17.3 Å². The van der Waals surface area contributed by atoms with E-state index in [1.807, 2.05) is 107 Å². The van der Waals surface area contributed by atoms with Crippen molar-refractivity contribution >= 4 is 89.7 Å². The molecule has 4 saturated heterocycles. The zero-order chi connectivity index (χ0) is 62.0. The Morgan fingerprint density at radius 2 is 1.12 bits per heavy atom. The summed E-state index contributed by atoms with van der Waals surface area (Å²) in [5.74, 6) is 1.59. The fraction of sp³-hybridized carbons (Fsp3) is 0.485. The molecule has 4 aromatic heterocycles. The molecular weight excluding hydrogens is 1180 g/mol. The second-order valence-corrected chi connectivity index (χ2v) is 25.1. The van der Waals surface area contributed by atoms with Crippen molar-refractivity contribution in [3.05, 3.63) is 125 Å². The van der Waals surface area contributed by atoms with E-state index in [0.717, 1.165) is 112 Å². The van der Waals surface area contributed by atoms with Crippen molar-refractivity contribution in [1.29, 1.82) is 0 Å². The first-order valence-corrected chi connectivity index (χ1v) is 31.3. The molecule has 4 aromatic carbocycles. The molecule has 3 unspecified atom stereocenters. The maximum absolute atomic E-state index is 12.6. The van der Waals surface area contributed by atoms with Crippen LogP contribution < -0.4 is 28.7 Å². The topological polar surface area (TPSA) is 209 Å². The average molecular weight is 1260 g/mol. The third-order valence-corrected chi connectivity index (χ3v) is 16.7. The van der Waals surface area contributed by atoms with Gasteiger partial charge in [0, 0.05) is 103 Å². The van der Waals surface area contributed by atoms with Gasteiger partial charge >= 0.3 is 31.0 Å². The van der Waals surface area contributed by atoms with Crippen molar-refractivity contribution < 1.29 is 57.3 Å². The van der Waals surface area contributed by atoms with Gasteiger partial charge in [-0.2, -0.15) is 16.6 Å². The molecule has 1 N–H and O–H groups in total. The van der Waals surface area contributed by atoms with E-state index in [1.54, 1.807) is 22.2 Å². The van der Waals surface area contributed by atoms with Crippen LogP contribution in [0.25, 0.3) is 43.6 Å². The van der Waals surface area contributed by atoms with E-state index in [4.69, 9.17) is 18.9 Å². The molecular formula is C66H84BrLiN12O8. The first-order valence-electron chi connectivity index (χ1n) is 30.5. The first kappa shape index (κ1) is 67.2. The van der Waals surface area contributed by atoms with Gasteiger partial charge in [0.05, 0.1) is 34.5 Å². The summed E-state index contributed by atoms with van der Waals surface area (Å²) in [7, 11) is 0. The number of aliphatic hydroxyl groups excluding tert-OH is 1. The van der Waals surface area contributed by atoms with Gasteiger partial charge in [0.25, 0.3) is 0 Å². The van der Waals surface area contributed by atoms with Crippen LogP contribution in [0.3, 0.4) is 0 Å². The number of aromatic nitrogens is 8. The molecule has 4 aliphatic rings. The molecule has 0 saturated carbocycles. The summed E-state index contributed by atoms with van der Waals surface area (Å²) in [6, 6.07) is 19.7. The van der Waals surface area contributed by atoms with E-state index in [9.17, 15) is 19.5 Å². The summed E-state index contributed by atoms with van der Waals surface area (Å²) < 4.78 is 27.9. The van der Waals surface area contributed by atoms with Crippen LogP contribution in [0, 0.1) is 20.8 Å². The Labute approximate surface area is 536 Å². The van der Waals surface area contributed by atoms with Gasteiger partial charge in [-0.15, -0.1) is 0 Å². The number of amides is 2. The van der Waals surface area contributed by atoms with Crippen molar-refractivity contribution in [3.8, 4) is 0 Å². The quantitative estimate of drug-likeness (QED) is 0.0853. The van der Waals surface area contributed by atoms with Gasteiger partial charge in [-0.3, -0.25) is 4.79 Å². The minimum atomic E-state index is -0.904. The van der Waals surface area contributed by atoms with Gasteiger partial charge in [-0.1, -0.05) is 43.7 Å². The monoisotopic (exact) mass is 1260 g/mol. The molecule has 0 radical (unpaired) electrons. The number of aliphatic hydroxyl groups is 1. The molecule has 0 bridgehead atoms. The number of hydrogen-bond acceptors (Lipinski definition) is 16. The zero-order valence-electron chi connectivity index (χ0n) is 52.9. The van der Waals surface area contributed by atoms with Crippen LogP contribution in [0.5, 0.6) is 0 Å². The van der Waals surface area contributed by atoms with E-state index in [2.05, 4.69) is 94.8 Å². The molecule has 20 nitrogen and oxygen atoms in total. The number of ether oxygens (including phenoxy) is 4. The molecule has 0 aliphatic carbocycles. The number of rotatable bonds is 8.